The number of methoxy groups -OCH3 is 1. The van der Waals surface area contributed by atoms with Gasteiger partial charge in [0.1, 0.15) is 0 Å². The van der Waals surface area contributed by atoms with Crippen LogP contribution < -0.4 is 10.6 Å². The lowest BCUT2D eigenvalue weighted by molar-refractivity contribution is 0.113. The van der Waals surface area contributed by atoms with Crippen LogP contribution in [0.3, 0.4) is 0 Å². The van der Waals surface area contributed by atoms with E-state index in [2.05, 4.69) is 22.5 Å². The Kier molecular flexibility index (Phi) is 12.0. The molecule has 0 amide bonds. The summed E-state index contributed by atoms with van der Waals surface area (Å²) in [5, 5.41) is 6.77. The van der Waals surface area contributed by atoms with Crippen LogP contribution in [-0.4, -0.2) is 76.6 Å². The molecule has 2 aliphatic rings. The quantitative estimate of drug-likeness (QED) is 0.332. The van der Waals surface area contributed by atoms with Gasteiger partial charge in [0.2, 0.25) is 0 Å². The number of guanidine groups is 1. The highest BCUT2D eigenvalue weighted by Gasteiger charge is 2.19. The fourth-order valence-corrected chi connectivity index (χ4v) is 3.19. The van der Waals surface area contributed by atoms with Crippen molar-refractivity contribution < 1.29 is 9.47 Å². The smallest absolute Gasteiger partial charge is 0.191 e. The topological polar surface area (TPSA) is 58.1 Å². The SMILES string of the molecule is CCNC(=NCC1CCN(CCOC)CC1)NCC1CCCO1.I. The van der Waals surface area contributed by atoms with Gasteiger partial charge in [-0.1, -0.05) is 0 Å². The Bertz CT molecular complexity index is 343. The molecule has 6 nitrogen and oxygen atoms in total. The molecule has 0 aromatic heterocycles. The van der Waals surface area contributed by atoms with E-state index < -0.39 is 0 Å². The van der Waals surface area contributed by atoms with Crippen LogP contribution in [-0.2, 0) is 9.47 Å². The molecular formula is C17H35IN4O2. The van der Waals surface area contributed by atoms with Gasteiger partial charge in [-0.3, -0.25) is 4.99 Å². The maximum Gasteiger partial charge on any atom is 0.191 e. The second-order valence-corrected chi connectivity index (χ2v) is 6.51. The molecule has 0 radical (unpaired) electrons. The number of likely N-dealkylation sites (tertiary alicyclic amines) is 1. The van der Waals surface area contributed by atoms with E-state index in [-0.39, 0.29) is 24.0 Å². The van der Waals surface area contributed by atoms with Crippen LogP contribution in [0.25, 0.3) is 0 Å². The molecular weight excluding hydrogens is 419 g/mol. The Hall–Kier alpha value is -0.120. The maximum atomic E-state index is 5.66. The lowest BCUT2D eigenvalue weighted by Gasteiger charge is -2.31. The number of nitrogens with zero attached hydrogens (tertiary/aromatic N) is 2. The average Bonchev–Trinajstić information content (AvgIpc) is 3.10. The Balaban J connectivity index is 0.00000288. The first-order chi connectivity index (χ1) is 11.3. The highest BCUT2D eigenvalue weighted by molar-refractivity contribution is 14.0. The van der Waals surface area contributed by atoms with Crippen molar-refractivity contribution >= 4 is 29.9 Å². The maximum absolute atomic E-state index is 5.66. The molecule has 142 valence electrons. The highest BCUT2D eigenvalue weighted by atomic mass is 127. The molecule has 2 heterocycles. The van der Waals surface area contributed by atoms with Crippen LogP contribution in [0.15, 0.2) is 4.99 Å². The van der Waals surface area contributed by atoms with E-state index in [1.807, 2.05) is 0 Å². The zero-order valence-electron chi connectivity index (χ0n) is 15.3. The molecule has 0 saturated carbocycles. The fourth-order valence-electron chi connectivity index (χ4n) is 3.19. The lowest BCUT2D eigenvalue weighted by atomic mass is 9.97. The molecule has 2 N–H and O–H groups in total. The number of hydrogen-bond acceptors (Lipinski definition) is 4. The third-order valence-corrected chi connectivity index (χ3v) is 4.69. The molecule has 24 heavy (non-hydrogen) atoms. The van der Waals surface area contributed by atoms with E-state index in [4.69, 9.17) is 14.5 Å². The molecule has 2 rings (SSSR count). The summed E-state index contributed by atoms with van der Waals surface area (Å²) in [5.41, 5.74) is 0. The molecule has 1 atom stereocenters. The van der Waals surface area contributed by atoms with E-state index >= 15 is 0 Å². The minimum absolute atomic E-state index is 0. The summed E-state index contributed by atoms with van der Waals surface area (Å²) < 4.78 is 10.8. The molecule has 2 fully saturated rings. The second kappa shape index (κ2) is 13.1. The van der Waals surface area contributed by atoms with Crippen molar-refractivity contribution in [3.63, 3.8) is 0 Å². The molecule has 0 aromatic carbocycles. The summed E-state index contributed by atoms with van der Waals surface area (Å²) in [6.07, 6.45) is 5.16. The monoisotopic (exact) mass is 454 g/mol. The predicted octanol–water partition coefficient (Wildman–Crippen LogP) is 1.70. The summed E-state index contributed by atoms with van der Waals surface area (Å²) >= 11 is 0. The lowest BCUT2D eigenvalue weighted by Crippen LogP contribution is -2.42. The van der Waals surface area contributed by atoms with Crippen molar-refractivity contribution in [2.24, 2.45) is 10.9 Å². The second-order valence-electron chi connectivity index (χ2n) is 6.51. The molecule has 0 spiro atoms. The zero-order valence-corrected chi connectivity index (χ0v) is 17.6. The minimum atomic E-state index is 0. The van der Waals surface area contributed by atoms with Crippen LogP contribution >= 0.6 is 24.0 Å². The first kappa shape index (κ1) is 21.9. The highest BCUT2D eigenvalue weighted by Crippen LogP contribution is 2.17. The standard InChI is InChI=1S/C17H34N4O2.HI/c1-3-18-17(20-14-16-5-4-11-23-16)19-13-15-6-8-21(9-7-15)10-12-22-2;/h15-16H,3-14H2,1-2H3,(H2,18,19,20);1H. The zero-order chi connectivity index (χ0) is 16.3. The fraction of sp³-hybridized carbons (Fsp3) is 0.941. The molecule has 7 heteroatoms. The Morgan fingerprint density at radius 2 is 2.04 bits per heavy atom. The Morgan fingerprint density at radius 3 is 2.67 bits per heavy atom. The number of rotatable bonds is 8. The number of hydrogen-bond donors (Lipinski definition) is 2. The van der Waals surface area contributed by atoms with Crippen molar-refractivity contribution in [2.45, 2.75) is 38.7 Å². The van der Waals surface area contributed by atoms with Crippen LogP contribution in [0.4, 0.5) is 0 Å². The van der Waals surface area contributed by atoms with Crippen molar-refractivity contribution in [1.29, 1.82) is 0 Å². The summed E-state index contributed by atoms with van der Waals surface area (Å²) in [6, 6.07) is 0. The van der Waals surface area contributed by atoms with Gasteiger partial charge in [0, 0.05) is 39.9 Å². The summed E-state index contributed by atoms with van der Waals surface area (Å²) in [6.45, 7) is 9.91. The molecule has 0 bridgehead atoms. The molecule has 1 unspecified atom stereocenters. The normalized spacial score (nSPS) is 23.1. The predicted molar refractivity (Wildman–Crippen MR) is 109 cm³/mol. The molecule has 2 aliphatic heterocycles. The number of piperidine rings is 1. The number of aliphatic imine (C=N–C) groups is 1. The minimum Gasteiger partial charge on any atom is -0.383 e. The van der Waals surface area contributed by atoms with Gasteiger partial charge in [0.25, 0.3) is 0 Å². The largest absolute Gasteiger partial charge is 0.383 e. The average molecular weight is 454 g/mol. The van der Waals surface area contributed by atoms with E-state index in [0.717, 1.165) is 51.8 Å². The van der Waals surface area contributed by atoms with E-state index in [9.17, 15) is 0 Å². The van der Waals surface area contributed by atoms with Gasteiger partial charge < -0.3 is 25.0 Å². The number of ether oxygens (including phenoxy) is 2. The van der Waals surface area contributed by atoms with Crippen molar-refractivity contribution in [3.8, 4) is 0 Å². The van der Waals surface area contributed by atoms with Gasteiger partial charge >= 0.3 is 0 Å². The van der Waals surface area contributed by atoms with Crippen molar-refractivity contribution in [1.82, 2.24) is 15.5 Å². The first-order valence-electron chi connectivity index (χ1n) is 9.17. The van der Waals surface area contributed by atoms with Gasteiger partial charge in [-0.2, -0.15) is 0 Å². The van der Waals surface area contributed by atoms with Gasteiger partial charge in [-0.25, -0.2) is 0 Å². The summed E-state index contributed by atoms with van der Waals surface area (Å²) in [7, 11) is 1.77. The van der Waals surface area contributed by atoms with Crippen LogP contribution in [0, 0.1) is 5.92 Å². The summed E-state index contributed by atoms with van der Waals surface area (Å²) in [4.78, 5) is 7.27. The van der Waals surface area contributed by atoms with E-state index in [0.29, 0.717) is 12.0 Å². The Morgan fingerprint density at radius 1 is 1.25 bits per heavy atom. The van der Waals surface area contributed by atoms with Gasteiger partial charge in [0.05, 0.1) is 12.7 Å². The number of halogens is 1. The van der Waals surface area contributed by atoms with E-state index in [1.165, 1.54) is 32.4 Å². The van der Waals surface area contributed by atoms with Gasteiger partial charge in [-0.15, -0.1) is 24.0 Å². The third kappa shape index (κ3) is 8.31. The van der Waals surface area contributed by atoms with Gasteiger partial charge in [0.15, 0.2) is 5.96 Å². The van der Waals surface area contributed by atoms with Crippen LogP contribution in [0.5, 0.6) is 0 Å². The third-order valence-electron chi connectivity index (χ3n) is 4.69. The first-order valence-corrected chi connectivity index (χ1v) is 9.17. The van der Waals surface area contributed by atoms with Crippen molar-refractivity contribution in [3.05, 3.63) is 0 Å². The molecule has 0 aliphatic carbocycles. The Labute approximate surface area is 164 Å². The van der Waals surface area contributed by atoms with Gasteiger partial charge in [-0.05, 0) is 51.6 Å². The van der Waals surface area contributed by atoms with Crippen molar-refractivity contribution in [2.75, 3.05) is 59.6 Å². The van der Waals surface area contributed by atoms with E-state index in [1.54, 1.807) is 7.11 Å². The molecule has 2 saturated heterocycles. The number of nitrogens with one attached hydrogen (secondary N) is 2. The van der Waals surface area contributed by atoms with Crippen LogP contribution in [0.2, 0.25) is 0 Å². The summed E-state index contributed by atoms with van der Waals surface area (Å²) in [5.74, 6) is 1.64. The molecule has 0 aromatic rings. The van der Waals surface area contributed by atoms with Crippen LogP contribution in [0.1, 0.15) is 32.6 Å².